The summed E-state index contributed by atoms with van der Waals surface area (Å²) < 4.78 is 15.0. The van der Waals surface area contributed by atoms with E-state index < -0.39 is 0 Å². The molecule has 0 unspecified atom stereocenters. The van der Waals surface area contributed by atoms with E-state index in [4.69, 9.17) is 0 Å². The Morgan fingerprint density at radius 2 is 1.73 bits per heavy atom. The SMILES string of the molecule is CCc1ccc2nc(Nc3nccc(-c4cn(-c5ccc(F)cc5)nc4C)n3)nc(C)c2c1. The maximum Gasteiger partial charge on any atom is 0.230 e. The number of hydrogen-bond donors (Lipinski definition) is 1. The fraction of sp³-hybridized carbons (Fsp3) is 0.160. The Kier molecular flexibility index (Phi) is 5.26. The minimum Gasteiger partial charge on any atom is -0.293 e. The fourth-order valence-corrected chi connectivity index (χ4v) is 3.71. The summed E-state index contributed by atoms with van der Waals surface area (Å²) in [6.07, 6.45) is 4.52. The van der Waals surface area contributed by atoms with Gasteiger partial charge in [0.1, 0.15) is 5.82 Å². The van der Waals surface area contributed by atoms with Crippen LogP contribution < -0.4 is 5.32 Å². The summed E-state index contributed by atoms with van der Waals surface area (Å²) >= 11 is 0. The molecule has 7 nitrogen and oxygen atoms in total. The van der Waals surface area contributed by atoms with Gasteiger partial charge in [0.05, 0.1) is 28.3 Å². The highest BCUT2D eigenvalue weighted by Gasteiger charge is 2.12. The van der Waals surface area contributed by atoms with E-state index in [2.05, 4.69) is 49.4 Å². The van der Waals surface area contributed by atoms with Gasteiger partial charge in [0.2, 0.25) is 11.9 Å². The number of rotatable bonds is 5. The van der Waals surface area contributed by atoms with Crippen molar-refractivity contribution < 1.29 is 4.39 Å². The highest BCUT2D eigenvalue weighted by atomic mass is 19.1. The normalized spacial score (nSPS) is 11.2. The molecule has 5 rings (SSSR count). The molecule has 5 aromatic rings. The van der Waals surface area contributed by atoms with Crippen molar-refractivity contribution in [2.45, 2.75) is 27.2 Å². The Morgan fingerprint density at radius 1 is 0.909 bits per heavy atom. The van der Waals surface area contributed by atoms with Gasteiger partial charge >= 0.3 is 0 Å². The Hall–Kier alpha value is -4.20. The largest absolute Gasteiger partial charge is 0.293 e. The molecule has 3 heterocycles. The van der Waals surface area contributed by atoms with Gasteiger partial charge in [-0.3, -0.25) is 5.32 Å². The number of nitrogens with zero attached hydrogens (tertiary/aromatic N) is 6. The monoisotopic (exact) mass is 439 g/mol. The topological polar surface area (TPSA) is 81.4 Å². The summed E-state index contributed by atoms with van der Waals surface area (Å²) in [4.78, 5) is 18.2. The zero-order valence-electron chi connectivity index (χ0n) is 18.5. The molecule has 0 bridgehead atoms. The summed E-state index contributed by atoms with van der Waals surface area (Å²) in [6.45, 7) is 6.01. The van der Waals surface area contributed by atoms with Gasteiger partial charge in [-0.05, 0) is 68.3 Å². The van der Waals surface area contributed by atoms with Crippen molar-refractivity contribution in [3.05, 3.63) is 83.7 Å². The van der Waals surface area contributed by atoms with Gasteiger partial charge in [0, 0.05) is 23.3 Å². The molecular formula is C25H22FN7. The number of anilines is 2. The van der Waals surface area contributed by atoms with Crippen LogP contribution in [-0.2, 0) is 6.42 Å². The van der Waals surface area contributed by atoms with Crippen molar-refractivity contribution in [1.29, 1.82) is 0 Å². The van der Waals surface area contributed by atoms with Crippen LogP contribution in [0.2, 0.25) is 0 Å². The smallest absolute Gasteiger partial charge is 0.230 e. The van der Waals surface area contributed by atoms with Gasteiger partial charge < -0.3 is 0 Å². The molecule has 0 atom stereocenters. The van der Waals surface area contributed by atoms with E-state index in [-0.39, 0.29) is 5.82 Å². The van der Waals surface area contributed by atoms with Gasteiger partial charge in [-0.1, -0.05) is 13.0 Å². The van der Waals surface area contributed by atoms with Crippen LogP contribution in [0.4, 0.5) is 16.3 Å². The van der Waals surface area contributed by atoms with E-state index in [1.807, 2.05) is 32.2 Å². The van der Waals surface area contributed by atoms with E-state index in [1.54, 1.807) is 23.0 Å². The minimum atomic E-state index is -0.286. The number of hydrogen-bond acceptors (Lipinski definition) is 6. The lowest BCUT2D eigenvalue weighted by Crippen LogP contribution is -2.03. The summed E-state index contributed by atoms with van der Waals surface area (Å²) in [7, 11) is 0. The third-order valence-corrected chi connectivity index (χ3v) is 5.50. The Labute approximate surface area is 190 Å². The van der Waals surface area contributed by atoms with Gasteiger partial charge in [-0.15, -0.1) is 0 Å². The van der Waals surface area contributed by atoms with Crippen molar-refractivity contribution in [1.82, 2.24) is 29.7 Å². The molecule has 0 saturated carbocycles. The second-order valence-electron chi connectivity index (χ2n) is 7.78. The molecule has 0 aliphatic rings. The summed E-state index contributed by atoms with van der Waals surface area (Å²) in [5.41, 5.74) is 6.15. The first-order chi connectivity index (χ1) is 16.0. The lowest BCUT2D eigenvalue weighted by molar-refractivity contribution is 0.627. The maximum absolute atomic E-state index is 13.3. The van der Waals surface area contributed by atoms with Crippen LogP contribution in [0.25, 0.3) is 27.8 Å². The molecular weight excluding hydrogens is 417 g/mol. The lowest BCUT2D eigenvalue weighted by Gasteiger charge is -2.08. The molecule has 8 heteroatoms. The van der Waals surface area contributed by atoms with E-state index in [1.165, 1.54) is 17.7 Å². The molecule has 1 N–H and O–H groups in total. The van der Waals surface area contributed by atoms with Crippen LogP contribution in [0.5, 0.6) is 0 Å². The summed E-state index contributed by atoms with van der Waals surface area (Å²) in [5, 5.41) is 8.72. The number of fused-ring (bicyclic) bond motifs is 1. The zero-order chi connectivity index (χ0) is 22.9. The maximum atomic E-state index is 13.3. The molecule has 0 aliphatic heterocycles. The zero-order valence-corrected chi connectivity index (χ0v) is 18.5. The Morgan fingerprint density at radius 3 is 2.52 bits per heavy atom. The van der Waals surface area contributed by atoms with Crippen molar-refractivity contribution in [3.63, 3.8) is 0 Å². The third kappa shape index (κ3) is 4.15. The lowest BCUT2D eigenvalue weighted by atomic mass is 10.1. The van der Waals surface area contributed by atoms with Crippen molar-refractivity contribution in [2.75, 3.05) is 5.32 Å². The highest BCUT2D eigenvalue weighted by Crippen LogP contribution is 2.24. The molecule has 0 amide bonds. The third-order valence-electron chi connectivity index (χ3n) is 5.50. The van der Waals surface area contributed by atoms with Crippen molar-refractivity contribution in [2.24, 2.45) is 0 Å². The first kappa shape index (κ1) is 20.7. The standard InChI is InChI=1S/C25H22FN7/c1-4-17-5-10-22-20(13-17)15(2)28-25(30-22)31-24-27-12-11-23(29-24)21-14-33(32-16(21)3)19-8-6-18(26)7-9-19/h5-14H,4H2,1-3H3,(H,27,28,29,30,31). The molecule has 0 saturated heterocycles. The number of aryl methyl sites for hydroxylation is 3. The first-order valence-electron chi connectivity index (χ1n) is 10.7. The van der Waals surface area contributed by atoms with Crippen LogP contribution in [0, 0.1) is 19.7 Å². The molecule has 2 aromatic carbocycles. The molecule has 0 spiro atoms. The van der Waals surface area contributed by atoms with Crippen LogP contribution in [0.15, 0.2) is 60.9 Å². The number of halogens is 1. The molecule has 0 radical (unpaired) electrons. The van der Waals surface area contributed by atoms with E-state index in [0.29, 0.717) is 17.6 Å². The molecule has 3 aromatic heterocycles. The van der Waals surface area contributed by atoms with Crippen LogP contribution >= 0.6 is 0 Å². The number of aromatic nitrogens is 6. The summed E-state index contributed by atoms with van der Waals surface area (Å²) in [5.74, 6) is 0.553. The second-order valence-corrected chi connectivity index (χ2v) is 7.78. The fourth-order valence-electron chi connectivity index (χ4n) is 3.71. The van der Waals surface area contributed by atoms with Crippen LogP contribution in [0.1, 0.15) is 23.9 Å². The Balaban J connectivity index is 1.45. The van der Waals surface area contributed by atoms with Gasteiger partial charge in [-0.25, -0.2) is 29.0 Å². The predicted octanol–water partition coefficient (Wildman–Crippen LogP) is 5.33. The quantitative estimate of drug-likeness (QED) is 0.398. The molecule has 33 heavy (non-hydrogen) atoms. The Bertz CT molecular complexity index is 1460. The van der Waals surface area contributed by atoms with E-state index in [0.717, 1.165) is 40.0 Å². The molecule has 0 fully saturated rings. The van der Waals surface area contributed by atoms with Crippen LogP contribution in [-0.4, -0.2) is 29.7 Å². The predicted molar refractivity (Wildman–Crippen MR) is 126 cm³/mol. The van der Waals surface area contributed by atoms with Crippen molar-refractivity contribution >= 4 is 22.8 Å². The minimum absolute atomic E-state index is 0.286. The van der Waals surface area contributed by atoms with E-state index in [9.17, 15) is 4.39 Å². The van der Waals surface area contributed by atoms with Gasteiger partial charge in [0.25, 0.3) is 0 Å². The average Bonchev–Trinajstić information content (AvgIpc) is 3.21. The van der Waals surface area contributed by atoms with Gasteiger partial charge in [0.15, 0.2) is 0 Å². The van der Waals surface area contributed by atoms with Crippen molar-refractivity contribution in [3.8, 4) is 16.9 Å². The van der Waals surface area contributed by atoms with E-state index >= 15 is 0 Å². The first-order valence-corrected chi connectivity index (χ1v) is 10.7. The van der Waals surface area contributed by atoms with Crippen LogP contribution in [0.3, 0.4) is 0 Å². The second kappa shape index (κ2) is 8.38. The number of benzene rings is 2. The molecule has 164 valence electrons. The number of nitrogens with one attached hydrogen (secondary N) is 1. The molecule has 0 aliphatic carbocycles. The van der Waals surface area contributed by atoms with Gasteiger partial charge in [-0.2, -0.15) is 5.10 Å². The summed E-state index contributed by atoms with van der Waals surface area (Å²) in [6, 6.07) is 14.2. The highest BCUT2D eigenvalue weighted by molar-refractivity contribution is 5.82. The average molecular weight is 439 g/mol.